The lowest BCUT2D eigenvalue weighted by Gasteiger charge is -2.26. The Labute approximate surface area is 178 Å². The number of carbonyl (C=O) groups is 3. The first kappa shape index (κ1) is 21.4. The molecule has 0 aliphatic carbocycles. The van der Waals surface area contributed by atoms with Crippen molar-refractivity contribution in [3.8, 4) is 5.69 Å². The van der Waals surface area contributed by atoms with Crippen molar-refractivity contribution in [1.82, 2.24) is 20.4 Å². The fourth-order valence-corrected chi connectivity index (χ4v) is 3.42. The summed E-state index contributed by atoms with van der Waals surface area (Å²) in [5.74, 6) is -1.33. The number of hydrogen-bond donors (Lipinski definition) is 2. The molecule has 0 radical (unpaired) electrons. The summed E-state index contributed by atoms with van der Waals surface area (Å²) in [5.41, 5.74) is 1.52. The number of para-hydroxylation sites is 1. The summed E-state index contributed by atoms with van der Waals surface area (Å²) in [6.07, 6.45) is 0. The number of nitrogens with zero attached hydrogens (tertiary/aromatic N) is 2. The fraction of sp³-hybridized carbons (Fsp3) is 0.300. The number of aryl methyl sites for hydroxylation is 1. The highest BCUT2D eigenvalue weighted by atomic mass is 35.5. The van der Waals surface area contributed by atoms with Crippen LogP contribution in [0, 0.1) is 6.92 Å². The van der Waals surface area contributed by atoms with Crippen LogP contribution in [0.15, 0.2) is 41.6 Å². The lowest BCUT2D eigenvalue weighted by molar-refractivity contribution is -0.139. The second kappa shape index (κ2) is 9.00. The van der Waals surface area contributed by atoms with E-state index in [1.54, 1.807) is 32.9 Å². The molecule has 1 atom stereocenters. The number of carbonyl (C=O) groups excluding carboxylic acids is 3. The van der Waals surface area contributed by atoms with E-state index in [4.69, 9.17) is 21.1 Å². The van der Waals surface area contributed by atoms with Crippen molar-refractivity contribution in [2.75, 3.05) is 13.2 Å². The van der Waals surface area contributed by atoms with Gasteiger partial charge in [-0.1, -0.05) is 29.8 Å². The summed E-state index contributed by atoms with van der Waals surface area (Å²) in [4.78, 5) is 36.8. The van der Waals surface area contributed by atoms with Crippen LogP contribution in [0.3, 0.4) is 0 Å². The molecule has 0 saturated heterocycles. The molecule has 1 aliphatic rings. The van der Waals surface area contributed by atoms with E-state index < -0.39 is 24.0 Å². The third-order valence-electron chi connectivity index (χ3n) is 4.42. The molecule has 30 heavy (non-hydrogen) atoms. The number of benzene rings is 1. The van der Waals surface area contributed by atoms with Crippen LogP contribution in [0.1, 0.15) is 29.9 Å². The standard InChI is InChI=1S/C20H21ClN4O5/c1-4-29-18(26)15-11(2)22-20(28)23-14(15)10-30-19(27)16-12(3)24-25(17(16)21)13-8-6-5-7-9-13/h5-9,11H,4,10H2,1-3H3,(H2,22,23,28). The van der Waals surface area contributed by atoms with Crippen LogP contribution in [0.25, 0.3) is 5.69 Å². The maximum Gasteiger partial charge on any atom is 0.343 e. The molecule has 2 heterocycles. The lowest BCUT2D eigenvalue weighted by Crippen LogP contribution is -2.50. The molecule has 1 unspecified atom stereocenters. The number of nitrogens with one attached hydrogen (secondary N) is 2. The second-order valence-corrected chi connectivity index (χ2v) is 6.87. The van der Waals surface area contributed by atoms with Crippen molar-refractivity contribution in [3.63, 3.8) is 0 Å². The molecule has 0 saturated carbocycles. The van der Waals surface area contributed by atoms with Crippen molar-refractivity contribution in [2.24, 2.45) is 0 Å². The molecular weight excluding hydrogens is 412 g/mol. The van der Waals surface area contributed by atoms with Gasteiger partial charge in [0.1, 0.15) is 17.3 Å². The van der Waals surface area contributed by atoms with Crippen molar-refractivity contribution in [3.05, 3.63) is 58.0 Å². The number of rotatable bonds is 6. The molecular formula is C20H21ClN4O5. The Morgan fingerprint density at radius 1 is 1.20 bits per heavy atom. The van der Waals surface area contributed by atoms with E-state index in [-0.39, 0.29) is 35.2 Å². The third-order valence-corrected chi connectivity index (χ3v) is 4.77. The highest BCUT2D eigenvalue weighted by molar-refractivity contribution is 6.33. The minimum absolute atomic E-state index is 0.103. The van der Waals surface area contributed by atoms with Gasteiger partial charge in [-0.25, -0.2) is 19.1 Å². The zero-order valence-corrected chi connectivity index (χ0v) is 17.4. The largest absolute Gasteiger partial charge is 0.463 e. The molecule has 3 rings (SSSR count). The van der Waals surface area contributed by atoms with Crippen LogP contribution >= 0.6 is 11.6 Å². The van der Waals surface area contributed by atoms with E-state index in [1.165, 1.54) is 4.68 Å². The minimum Gasteiger partial charge on any atom is -0.463 e. The number of amides is 2. The molecule has 2 N–H and O–H groups in total. The van der Waals surface area contributed by atoms with Gasteiger partial charge in [0.05, 0.1) is 35.3 Å². The highest BCUT2D eigenvalue weighted by Gasteiger charge is 2.31. The Morgan fingerprint density at radius 3 is 2.57 bits per heavy atom. The average molecular weight is 433 g/mol. The summed E-state index contributed by atoms with van der Waals surface area (Å²) in [7, 11) is 0. The topological polar surface area (TPSA) is 112 Å². The smallest absolute Gasteiger partial charge is 0.343 e. The Hall–Kier alpha value is -3.33. The van der Waals surface area contributed by atoms with Crippen molar-refractivity contribution >= 4 is 29.6 Å². The van der Waals surface area contributed by atoms with E-state index in [9.17, 15) is 14.4 Å². The molecule has 1 aromatic carbocycles. The van der Waals surface area contributed by atoms with E-state index in [1.807, 2.05) is 18.2 Å². The predicted octanol–water partition coefficient (Wildman–Crippen LogP) is 2.51. The van der Waals surface area contributed by atoms with Gasteiger partial charge in [-0.15, -0.1) is 0 Å². The van der Waals surface area contributed by atoms with E-state index >= 15 is 0 Å². The lowest BCUT2D eigenvalue weighted by atomic mass is 10.0. The van der Waals surface area contributed by atoms with Gasteiger partial charge in [0.15, 0.2) is 0 Å². The first-order valence-corrected chi connectivity index (χ1v) is 9.66. The molecule has 1 aliphatic heterocycles. The Balaban J connectivity index is 1.84. The van der Waals surface area contributed by atoms with Crippen LogP contribution in [-0.2, 0) is 14.3 Å². The fourth-order valence-electron chi connectivity index (χ4n) is 3.07. The van der Waals surface area contributed by atoms with Crippen molar-refractivity contribution in [2.45, 2.75) is 26.8 Å². The SMILES string of the molecule is CCOC(=O)C1=C(COC(=O)c2c(C)nn(-c3ccccc3)c2Cl)NC(=O)NC1C. The Kier molecular flexibility index (Phi) is 6.41. The van der Waals surface area contributed by atoms with Gasteiger partial charge in [-0.05, 0) is 32.9 Å². The first-order valence-electron chi connectivity index (χ1n) is 9.28. The van der Waals surface area contributed by atoms with Gasteiger partial charge in [0, 0.05) is 0 Å². The number of urea groups is 1. The third kappa shape index (κ3) is 4.30. The molecule has 0 bridgehead atoms. The van der Waals surface area contributed by atoms with Gasteiger partial charge >= 0.3 is 18.0 Å². The zero-order chi connectivity index (χ0) is 21.8. The maximum absolute atomic E-state index is 12.7. The molecule has 0 spiro atoms. The molecule has 1 aromatic heterocycles. The first-order chi connectivity index (χ1) is 14.3. The maximum atomic E-state index is 12.7. The Morgan fingerprint density at radius 2 is 1.90 bits per heavy atom. The summed E-state index contributed by atoms with van der Waals surface area (Å²) < 4.78 is 11.8. The molecule has 10 heteroatoms. The highest BCUT2D eigenvalue weighted by Crippen LogP contribution is 2.24. The van der Waals surface area contributed by atoms with E-state index in [2.05, 4.69) is 15.7 Å². The van der Waals surface area contributed by atoms with Crippen molar-refractivity contribution in [1.29, 1.82) is 0 Å². The monoisotopic (exact) mass is 432 g/mol. The minimum atomic E-state index is -0.726. The number of halogens is 1. The molecule has 9 nitrogen and oxygen atoms in total. The van der Waals surface area contributed by atoms with E-state index in [0.29, 0.717) is 11.4 Å². The van der Waals surface area contributed by atoms with Crippen molar-refractivity contribution < 1.29 is 23.9 Å². The summed E-state index contributed by atoms with van der Waals surface area (Å²) >= 11 is 6.38. The molecule has 0 fully saturated rings. The number of aromatic nitrogens is 2. The molecule has 2 amide bonds. The predicted molar refractivity (Wildman–Crippen MR) is 108 cm³/mol. The Bertz CT molecular complexity index is 1020. The van der Waals surface area contributed by atoms with Gasteiger partial charge in [-0.3, -0.25) is 0 Å². The van der Waals surface area contributed by atoms with Crippen LogP contribution in [-0.4, -0.2) is 47.0 Å². The quantitative estimate of drug-likeness (QED) is 0.678. The second-order valence-electron chi connectivity index (χ2n) is 6.51. The van der Waals surface area contributed by atoms with Gasteiger partial charge < -0.3 is 20.1 Å². The van der Waals surface area contributed by atoms with Crippen LogP contribution < -0.4 is 10.6 Å². The van der Waals surface area contributed by atoms with Gasteiger partial charge in [0.25, 0.3) is 0 Å². The normalized spacial score (nSPS) is 16.0. The zero-order valence-electron chi connectivity index (χ0n) is 16.7. The van der Waals surface area contributed by atoms with Gasteiger partial charge in [0.2, 0.25) is 0 Å². The van der Waals surface area contributed by atoms with Crippen LogP contribution in [0.4, 0.5) is 4.79 Å². The summed E-state index contributed by atoms with van der Waals surface area (Å²) in [6, 6.07) is 8.00. The van der Waals surface area contributed by atoms with E-state index in [0.717, 1.165) is 0 Å². The number of ether oxygens (including phenoxy) is 2. The molecule has 158 valence electrons. The number of hydrogen-bond acceptors (Lipinski definition) is 6. The van der Waals surface area contributed by atoms with Crippen LogP contribution in [0.2, 0.25) is 5.15 Å². The van der Waals surface area contributed by atoms with Crippen LogP contribution in [0.5, 0.6) is 0 Å². The van der Waals surface area contributed by atoms with Gasteiger partial charge in [-0.2, -0.15) is 5.10 Å². The molecule has 2 aromatic rings. The summed E-state index contributed by atoms with van der Waals surface area (Å²) in [6.45, 7) is 4.78. The number of esters is 2. The summed E-state index contributed by atoms with van der Waals surface area (Å²) in [5, 5.41) is 9.48. The average Bonchev–Trinajstić information content (AvgIpc) is 3.00.